The molecule has 34 heavy (non-hydrogen) atoms. The first-order chi connectivity index (χ1) is 16.6. The zero-order valence-corrected chi connectivity index (χ0v) is 19.4. The molecular weight excluding hydrogens is 430 g/mol. The number of ether oxygens (including phenoxy) is 1. The van der Waals surface area contributed by atoms with E-state index in [1.807, 2.05) is 18.2 Å². The molecule has 7 heteroatoms. The maximum Gasteiger partial charge on any atom is 0.273 e. The molecule has 0 bridgehead atoms. The molecule has 1 saturated heterocycles. The Morgan fingerprint density at radius 1 is 0.912 bits per heavy atom. The van der Waals surface area contributed by atoms with Crippen LogP contribution in [0.2, 0.25) is 0 Å². The van der Waals surface area contributed by atoms with Gasteiger partial charge in [0.1, 0.15) is 11.9 Å². The molecule has 2 heterocycles. The smallest absolute Gasteiger partial charge is 0.273 e. The third-order valence-electron chi connectivity index (χ3n) is 7.01. The summed E-state index contributed by atoms with van der Waals surface area (Å²) in [5.41, 5.74) is 2.64. The maximum absolute atomic E-state index is 12.9. The molecule has 0 unspecified atom stereocenters. The number of hydrazine groups is 1. The van der Waals surface area contributed by atoms with Crippen molar-refractivity contribution in [1.29, 1.82) is 0 Å². The number of hydrogen-bond acceptors (Lipinski definition) is 5. The molecular formula is C27H31N3O4. The number of carbonyl (C=O) groups excluding carboxylic acids is 3. The molecule has 0 aromatic heterocycles. The summed E-state index contributed by atoms with van der Waals surface area (Å²) < 4.78 is 6.41. The van der Waals surface area contributed by atoms with Gasteiger partial charge < -0.3 is 10.1 Å². The lowest BCUT2D eigenvalue weighted by Gasteiger charge is -2.33. The van der Waals surface area contributed by atoms with Gasteiger partial charge in [-0.05, 0) is 68.0 Å². The number of nitrogens with one attached hydrogen (secondary N) is 1. The number of benzene rings is 2. The van der Waals surface area contributed by atoms with Crippen LogP contribution in [0.1, 0.15) is 66.4 Å². The van der Waals surface area contributed by atoms with Gasteiger partial charge in [0.25, 0.3) is 5.91 Å². The summed E-state index contributed by atoms with van der Waals surface area (Å²) in [5.74, 6) is -0.185. The van der Waals surface area contributed by atoms with Gasteiger partial charge in [-0.1, -0.05) is 36.8 Å². The Kier molecular flexibility index (Phi) is 6.63. The normalized spacial score (nSPS) is 22.8. The van der Waals surface area contributed by atoms with E-state index in [4.69, 9.17) is 4.74 Å². The molecule has 178 valence electrons. The molecule has 5 rings (SSSR count). The van der Waals surface area contributed by atoms with Crippen molar-refractivity contribution < 1.29 is 19.1 Å². The Hall–Kier alpha value is -3.19. The van der Waals surface area contributed by atoms with Crippen LogP contribution in [0.25, 0.3) is 0 Å². The summed E-state index contributed by atoms with van der Waals surface area (Å²) >= 11 is 0. The van der Waals surface area contributed by atoms with Gasteiger partial charge in [0, 0.05) is 24.4 Å². The van der Waals surface area contributed by atoms with E-state index in [2.05, 4.69) is 29.6 Å². The van der Waals surface area contributed by atoms with Crippen molar-refractivity contribution in [3.8, 4) is 5.75 Å². The summed E-state index contributed by atoms with van der Waals surface area (Å²) in [6.07, 6.45) is 6.57. The lowest BCUT2D eigenvalue weighted by molar-refractivity contribution is -0.163. The highest BCUT2D eigenvalue weighted by Crippen LogP contribution is 2.31. The first-order valence-corrected chi connectivity index (χ1v) is 12.3. The van der Waals surface area contributed by atoms with Gasteiger partial charge in [-0.25, -0.2) is 5.01 Å². The fourth-order valence-electron chi connectivity index (χ4n) is 5.22. The number of amides is 3. The van der Waals surface area contributed by atoms with Gasteiger partial charge in [0.05, 0.1) is 6.54 Å². The van der Waals surface area contributed by atoms with E-state index < -0.39 is 0 Å². The highest BCUT2D eigenvalue weighted by atomic mass is 16.5. The highest BCUT2D eigenvalue weighted by molar-refractivity contribution is 6.04. The van der Waals surface area contributed by atoms with Crippen LogP contribution < -0.4 is 10.1 Å². The molecule has 7 nitrogen and oxygen atoms in total. The number of rotatable bonds is 7. The van der Waals surface area contributed by atoms with Crippen molar-refractivity contribution in [2.24, 2.45) is 0 Å². The minimum absolute atomic E-state index is 0.0704. The van der Waals surface area contributed by atoms with Crippen LogP contribution in [0, 0.1) is 0 Å². The summed E-state index contributed by atoms with van der Waals surface area (Å²) in [6, 6.07) is 16.2. The van der Waals surface area contributed by atoms with Crippen LogP contribution in [-0.4, -0.2) is 46.4 Å². The summed E-state index contributed by atoms with van der Waals surface area (Å²) in [4.78, 5) is 37.5. The van der Waals surface area contributed by atoms with E-state index in [1.165, 1.54) is 17.0 Å². The average Bonchev–Trinajstić information content (AvgIpc) is 3.16. The molecule has 2 aromatic carbocycles. The first kappa shape index (κ1) is 22.6. The van der Waals surface area contributed by atoms with Crippen molar-refractivity contribution in [3.05, 3.63) is 65.2 Å². The molecule has 2 fully saturated rings. The Labute approximate surface area is 200 Å². The monoisotopic (exact) mass is 461 g/mol. The van der Waals surface area contributed by atoms with Crippen molar-refractivity contribution in [2.45, 2.75) is 70.1 Å². The third-order valence-corrected chi connectivity index (χ3v) is 7.01. The largest absolute Gasteiger partial charge is 0.489 e. The fourth-order valence-corrected chi connectivity index (χ4v) is 5.22. The van der Waals surface area contributed by atoms with Crippen LogP contribution in [-0.2, 0) is 22.6 Å². The summed E-state index contributed by atoms with van der Waals surface area (Å²) in [5, 5.41) is 6.02. The predicted molar refractivity (Wildman–Crippen MR) is 127 cm³/mol. The Morgan fingerprint density at radius 2 is 1.68 bits per heavy atom. The first-order valence-electron chi connectivity index (χ1n) is 12.3. The van der Waals surface area contributed by atoms with Crippen LogP contribution in [0.15, 0.2) is 48.5 Å². The zero-order chi connectivity index (χ0) is 23.5. The SMILES string of the molecule is O=C1c2ccc(O[C@H]3CCCC[C@@H]3NCCc3ccccc3)cc2CN1N1C(=O)CCCC1=O. The molecule has 1 saturated carbocycles. The van der Waals surface area contributed by atoms with E-state index >= 15 is 0 Å². The second-order valence-electron chi connectivity index (χ2n) is 9.37. The second-order valence-corrected chi connectivity index (χ2v) is 9.37. The number of fused-ring (bicyclic) bond motifs is 1. The van der Waals surface area contributed by atoms with Gasteiger partial charge >= 0.3 is 0 Å². The Morgan fingerprint density at radius 3 is 2.47 bits per heavy atom. The van der Waals surface area contributed by atoms with Crippen molar-refractivity contribution in [1.82, 2.24) is 15.3 Å². The summed E-state index contributed by atoms with van der Waals surface area (Å²) in [6.45, 7) is 1.12. The summed E-state index contributed by atoms with van der Waals surface area (Å²) in [7, 11) is 0. The predicted octanol–water partition coefficient (Wildman–Crippen LogP) is 3.62. The Balaban J connectivity index is 1.23. The van der Waals surface area contributed by atoms with Crippen molar-refractivity contribution in [2.75, 3.05) is 6.54 Å². The van der Waals surface area contributed by atoms with Crippen molar-refractivity contribution in [3.63, 3.8) is 0 Å². The molecule has 2 aliphatic heterocycles. The van der Waals surface area contributed by atoms with E-state index in [1.54, 1.807) is 6.07 Å². The van der Waals surface area contributed by atoms with Crippen LogP contribution in [0.3, 0.4) is 0 Å². The van der Waals surface area contributed by atoms with Crippen LogP contribution in [0.5, 0.6) is 5.75 Å². The van der Waals surface area contributed by atoms with E-state index in [0.717, 1.165) is 48.5 Å². The third kappa shape index (κ3) is 4.71. The lowest BCUT2D eigenvalue weighted by atomic mass is 9.92. The van der Waals surface area contributed by atoms with Crippen LogP contribution >= 0.6 is 0 Å². The molecule has 1 N–H and O–H groups in total. The van der Waals surface area contributed by atoms with E-state index in [0.29, 0.717) is 24.8 Å². The quantitative estimate of drug-likeness (QED) is 0.637. The number of piperidine rings is 1. The minimum atomic E-state index is -0.305. The lowest BCUT2D eigenvalue weighted by Crippen LogP contribution is -2.51. The minimum Gasteiger partial charge on any atom is -0.489 e. The van der Waals surface area contributed by atoms with Gasteiger partial charge in [-0.2, -0.15) is 5.01 Å². The maximum atomic E-state index is 12.9. The number of hydrogen-bond donors (Lipinski definition) is 1. The van der Waals surface area contributed by atoms with Gasteiger partial charge in [0.15, 0.2) is 0 Å². The standard InChI is InChI=1S/C27H31N3O4/c31-25-11-6-12-26(32)30(25)29-18-20-17-21(13-14-22(20)27(29)33)34-24-10-5-4-9-23(24)28-16-15-19-7-2-1-3-8-19/h1-3,7-8,13-14,17,23-24,28H,4-6,9-12,15-16,18H2/t23-,24-/m0/s1. The number of carbonyl (C=O) groups is 3. The van der Waals surface area contributed by atoms with Crippen molar-refractivity contribution >= 4 is 17.7 Å². The second kappa shape index (κ2) is 9.97. The average molecular weight is 462 g/mol. The molecule has 3 aliphatic rings. The molecule has 1 aliphatic carbocycles. The Bertz CT molecular complexity index is 1050. The van der Waals surface area contributed by atoms with Gasteiger partial charge in [-0.15, -0.1) is 0 Å². The molecule has 2 atom stereocenters. The fraction of sp³-hybridized carbons (Fsp3) is 0.444. The van der Waals surface area contributed by atoms with Gasteiger partial charge in [0.2, 0.25) is 11.8 Å². The number of nitrogens with zero attached hydrogens (tertiary/aromatic N) is 2. The van der Waals surface area contributed by atoms with E-state index in [9.17, 15) is 14.4 Å². The topological polar surface area (TPSA) is 79.0 Å². The molecule has 3 amide bonds. The van der Waals surface area contributed by atoms with Gasteiger partial charge in [-0.3, -0.25) is 14.4 Å². The van der Waals surface area contributed by atoms with E-state index in [-0.39, 0.29) is 36.4 Å². The zero-order valence-electron chi connectivity index (χ0n) is 19.4. The number of imide groups is 1. The molecule has 0 radical (unpaired) electrons. The molecule has 2 aromatic rings. The molecule has 0 spiro atoms. The highest BCUT2D eigenvalue weighted by Gasteiger charge is 2.39. The van der Waals surface area contributed by atoms with Crippen LogP contribution in [0.4, 0.5) is 0 Å².